The number of H-pyrrole nitrogens is 1. The summed E-state index contributed by atoms with van der Waals surface area (Å²) in [5, 5.41) is 4.11. The predicted octanol–water partition coefficient (Wildman–Crippen LogP) is 4.67. The van der Waals surface area contributed by atoms with E-state index in [9.17, 15) is 9.59 Å². The summed E-state index contributed by atoms with van der Waals surface area (Å²) in [6.07, 6.45) is 0. The fourth-order valence-corrected chi connectivity index (χ4v) is 3.85. The second kappa shape index (κ2) is 7.98. The van der Waals surface area contributed by atoms with Crippen LogP contribution in [-0.4, -0.2) is 16.6 Å². The topological polar surface area (TPSA) is 62.0 Å². The Morgan fingerprint density at radius 3 is 2.77 bits per heavy atom. The summed E-state index contributed by atoms with van der Waals surface area (Å²) < 4.78 is 0. The van der Waals surface area contributed by atoms with E-state index in [1.807, 2.05) is 26.0 Å². The molecule has 3 aromatic rings. The molecule has 1 amide bonds. The minimum absolute atomic E-state index is 0.00947. The van der Waals surface area contributed by atoms with E-state index in [2.05, 4.69) is 10.3 Å². The van der Waals surface area contributed by atoms with Gasteiger partial charge in [-0.05, 0) is 49.2 Å². The fourth-order valence-electron chi connectivity index (χ4n) is 2.93. The van der Waals surface area contributed by atoms with Crippen LogP contribution in [0, 0.1) is 13.8 Å². The van der Waals surface area contributed by atoms with E-state index >= 15 is 0 Å². The molecular weight excluding hydrogens is 368 g/mol. The van der Waals surface area contributed by atoms with Crippen LogP contribution in [0.25, 0.3) is 10.9 Å². The number of rotatable bonds is 5. The number of hydrogen-bond acceptors (Lipinski definition) is 3. The van der Waals surface area contributed by atoms with E-state index in [-0.39, 0.29) is 11.3 Å². The van der Waals surface area contributed by atoms with Crippen molar-refractivity contribution < 1.29 is 4.79 Å². The Balaban J connectivity index is 1.64. The molecule has 0 atom stereocenters. The average Bonchev–Trinajstić information content (AvgIpc) is 2.53. The third-order valence-electron chi connectivity index (χ3n) is 3.93. The molecule has 3 rings (SSSR count). The van der Waals surface area contributed by atoms with Crippen LogP contribution >= 0.6 is 23.4 Å². The average molecular weight is 387 g/mol. The maximum absolute atomic E-state index is 12.4. The molecule has 134 valence electrons. The molecule has 0 saturated carbocycles. The summed E-state index contributed by atoms with van der Waals surface area (Å²) in [6.45, 7) is 3.95. The Morgan fingerprint density at radius 1 is 1.19 bits per heavy atom. The lowest BCUT2D eigenvalue weighted by molar-refractivity contribution is -0.113. The molecule has 6 heteroatoms. The molecule has 0 aliphatic heterocycles. The third kappa shape index (κ3) is 4.48. The molecule has 2 aromatic carbocycles. The molecule has 0 unspecified atom stereocenters. The lowest BCUT2D eigenvalue weighted by atomic mass is 10.1. The minimum Gasteiger partial charge on any atom is -0.357 e. The molecule has 0 spiro atoms. The van der Waals surface area contributed by atoms with E-state index in [1.165, 1.54) is 11.8 Å². The molecule has 0 radical (unpaired) electrons. The number of fused-ring (bicyclic) bond motifs is 1. The van der Waals surface area contributed by atoms with Gasteiger partial charge in [0.2, 0.25) is 5.91 Å². The SMILES string of the molecule is Cc1cc(C)c2c(=O)cc(CSCC(=O)Nc3cccc(Cl)c3)[nH]c2c1. The highest BCUT2D eigenvalue weighted by Gasteiger charge is 2.08. The van der Waals surface area contributed by atoms with Gasteiger partial charge in [0.1, 0.15) is 0 Å². The van der Waals surface area contributed by atoms with E-state index in [1.54, 1.807) is 30.3 Å². The number of nitrogens with one attached hydrogen (secondary N) is 2. The molecule has 0 fully saturated rings. The number of anilines is 1. The quantitative estimate of drug-likeness (QED) is 0.669. The van der Waals surface area contributed by atoms with Crippen molar-refractivity contribution in [1.82, 2.24) is 4.98 Å². The van der Waals surface area contributed by atoms with Crippen LogP contribution in [0.5, 0.6) is 0 Å². The number of hydrogen-bond donors (Lipinski definition) is 2. The van der Waals surface area contributed by atoms with Gasteiger partial charge in [0.25, 0.3) is 0 Å². The zero-order valence-corrected chi connectivity index (χ0v) is 16.1. The number of aryl methyl sites for hydroxylation is 2. The van der Waals surface area contributed by atoms with Crippen molar-refractivity contribution in [3.05, 3.63) is 74.5 Å². The van der Waals surface area contributed by atoms with Crippen LogP contribution in [-0.2, 0) is 10.5 Å². The second-order valence-corrected chi connectivity index (χ2v) is 7.64. The monoisotopic (exact) mass is 386 g/mol. The number of aromatic amines is 1. The number of carbonyl (C=O) groups is 1. The Labute approximate surface area is 161 Å². The summed E-state index contributed by atoms with van der Waals surface area (Å²) in [5.74, 6) is 0.743. The number of carbonyl (C=O) groups excluding carboxylic acids is 1. The van der Waals surface area contributed by atoms with Crippen LogP contribution in [0.4, 0.5) is 5.69 Å². The van der Waals surface area contributed by atoms with Crippen molar-refractivity contribution in [3.8, 4) is 0 Å². The maximum Gasteiger partial charge on any atom is 0.234 e. The standard InChI is InChI=1S/C20H19ClN2O2S/c1-12-6-13(2)20-17(7-12)22-16(9-18(20)24)10-26-11-19(25)23-15-5-3-4-14(21)8-15/h3-9H,10-11H2,1-2H3,(H,22,24)(H,23,25). The van der Waals surface area contributed by atoms with Gasteiger partial charge in [0.15, 0.2) is 5.43 Å². The Hall–Kier alpha value is -2.24. The Bertz CT molecular complexity index is 1030. The molecule has 1 heterocycles. The Kier molecular flexibility index (Phi) is 5.69. The zero-order valence-electron chi connectivity index (χ0n) is 14.6. The second-order valence-electron chi connectivity index (χ2n) is 6.21. The van der Waals surface area contributed by atoms with Crippen LogP contribution in [0.15, 0.2) is 47.3 Å². The van der Waals surface area contributed by atoms with Crippen LogP contribution in [0.1, 0.15) is 16.8 Å². The number of benzene rings is 2. The van der Waals surface area contributed by atoms with Crippen LogP contribution in [0.2, 0.25) is 5.02 Å². The molecule has 0 aliphatic carbocycles. The molecule has 26 heavy (non-hydrogen) atoms. The molecule has 4 nitrogen and oxygen atoms in total. The van der Waals surface area contributed by atoms with Gasteiger partial charge in [0.05, 0.1) is 11.3 Å². The lowest BCUT2D eigenvalue weighted by Crippen LogP contribution is -2.14. The number of aromatic nitrogens is 1. The molecule has 1 aromatic heterocycles. The van der Waals surface area contributed by atoms with E-state index in [0.29, 0.717) is 22.2 Å². The van der Waals surface area contributed by atoms with Crippen molar-refractivity contribution >= 4 is 45.9 Å². The number of pyridine rings is 1. The number of thioether (sulfide) groups is 1. The molecule has 0 saturated heterocycles. The summed E-state index contributed by atoms with van der Waals surface area (Å²) in [4.78, 5) is 27.7. The van der Waals surface area contributed by atoms with E-state index < -0.39 is 0 Å². The van der Waals surface area contributed by atoms with Gasteiger partial charge >= 0.3 is 0 Å². The molecular formula is C20H19ClN2O2S. The highest BCUT2D eigenvalue weighted by molar-refractivity contribution is 7.99. The van der Waals surface area contributed by atoms with E-state index in [4.69, 9.17) is 11.6 Å². The summed E-state index contributed by atoms with van der Waals surface area (Å²) in [7, 11) is 0. The van der Waals surface area contributed by atoms with E-state index in [0.717, 1.165) is 27.7 Å². The normalized spacial score (nSPS) is 10.9. The first kappa shape index (κ1) is 18.5. The van der Waals surface area contributed by atoms with Gasteiger partial charge in [-0.3, -0.25) is 9.59 Å². The Morgan fingerprint density at radius 2 is 2.00 bits per heavy atom. The molecule has 2 N–H and O–H groups in total. The fraction of sp³-hybridized carbons (Fsp3) is 0.200. The largest absolute Gasteiger partial charge is 0.357 e. The van der Waals surface area contributed by atoms with Crippen molar-refractivity contribution in [2.45, 2.75) is 19.6 Å². The summed E-state index contributed by atoms with van der Waals surface area (Å²) in [5.41, 5.74) is 4.42. The highest BCUT2D eigenvalue weighted by atomic mass is 35.5. The van der Waals surface area contributed by atoms with Gasteiger partial charge in [-0.15, -0.1) is 11.8 Å². The molecule has 0 aliphatic rings. The number of halogens is 1. The third-order valence-corrected chi connectivity index (χ3v) is 5.14. The lowest BCUT2D eigenvalue weighted by Gasteiger charge is -2.08. The first-order valence-electron chi connectivity index (χ1n) is 8.19. The maximum atomic E-state index is 12.4. The summed E-state index contributed by atoms with van der Waals surface area (Å²) >= 11 is 7.36. The highest BCUT2D eigenvalue weighted by Crippen LogP contribution is 2.19. The van der Waals surface area contributed by atoms with Gasteiger partial charge in [-0.25, -0.2) is 0 Å². The van der Waals surface area contributed by atoms with Crippen molar-refractivity contribution in [2.24, 2.45) is 0 Å². The summed E-state index contributed by atoms with van der Waals surface area (Å²) in [6, 6.07) is 12.6. The first-order valence-corrected chi connectivity index (χ1v) is 9.72. The van der Waals surface area contributed by atoms with Crippen LogP contribution < -0.4 is 10.7 Å². The van der Waals surface area contributed by atoms with Gasteiger partial charge in [-0.2, -0.15) is 0 Å². The number of amides is 1. The van der Waals surface area contributed by atoms with Crippen molar-refractivity contribution in [3.63, 3.8) is 0 Å². The molecule has 0 bridgehead atoms. The van der Waals surface area contributed by atoms with Crippen molar-refractivity contribution in [1.29, 1.82) is 0 Å². The van der Waals surface area contributed by atoms with Gasteiger partial charge in [-0.1, -0.05) is 23.7 Å². The minimum atomic E-state index is -0.105. The van der Waals surface area contributed by atoms with Crippen LogP contribution in [0.3, 0.4) is 0 Å². The predicted molar refractivity (Wildman–Crippen MR) is 110 cm³/mol. The smallest absolute Gasteiger partial charge is 0.234 e. The zero-order chi connectivity index (χ0) is 18.7. The first-order chi connectivity index (χ1) is 12.4. The van der Waals surface area contributed by atoms with Gasteiger partial charge in [0, 0.05) is 33.6 Å². The van der Waals surface area contributed by atoms with Crippen molar-refractivity contribution in [2.75, 3.05) is 11.1 Å². The van der Waals surface area contributed by atoms with Gasteiger partial charge < -0.3 is 10.3 Å².